The fraction of sp³-hybridized carbons (Fsp3) is 0.333. The maximum Gasteiger partial charge on any atom is 0.261 e. The third-order valence-corrected chi connectivity index (χ3v) is 2.97. The van der Waals surface area contributed by atoms with Crippen molar-refractivity contribution in [2.45, 2.75) is 32.4 Å². The zero-order valence-electron chi connectivity index (χ0n) is 11.7. The zero-order valence-corrected chi connectivity index (χ0v) is 11.7. The lowest BCUT2D eigenvalue weighted by molar-refractivity contribution is -0.128. The largest absolute Gasteiger partial charge is 0.481 e. The van der Waals surface area contributed by atoms with Crippen molar-refractivity contribution in [3.8, 4) is 5.75 Å². The first-order valence-electron chi connectivity index (χ1n) is 6.72. The number of ether oxygens (including phenoxy) is 1. The number of carbonyl (C=O) groups is 1. The topological polar surface area (TPSA) is 67.0 Å². The summed E-state index contributed by atoms with van der Waals surface area (Å²) in [6, 6.07) is 9.17. The van der Waals surface area contributed by atoms with Gasteiger partial charge in [0.05, 0.1) is 6.04 Å². The minimum Gasteiger partial charge on any atom is -0.481 e. The number of carbonyl (C=O) groups excluding carboxylic acids is 1. The standard InChI is InChI=1S/C15H19N3O2/c1-3-13(20-12-7-5-4-6-8-12)15(19)18-11(2)14-16-9-10-17-14/h4-11,13H,3H2,1-2H3,(H,16,17)(H,18,19). The second kappa shape index (κ2) is 6.75. The van der Waals surface area contributed by atoms with Crippen molar-refractivity contribution in [3.05, 3.63) is 48.5 Å². The van der Waals surface area contributed by atoms with Crippen molar-refractivity contribution in [1.82, 2.24) is 15.3 Å². The molecular formula is C15H19N3O2. The van der Waals surface area contributed by atoms with Crippen molar-refractivity contribution in [2.75, 3.05) is 0 Å². The van der Waals surface area contributed by atoms with E-state index >= 15 is 0 Å². The van der Waals surface area contributed by atoms with Gasteiger partial charge in [-0.2, -0.15) is 0 Å². The van der Waals surface area contributed by atoms with Gasteiger partial charge < -0.3 is 15.0 Å². The Kier molecular flexibility index (Phi) is 4.76. The Hall–Kier alpha value is -2.30. The van der Waals surface area contributed by atoms with E-state index in [4.69, 9.17) is 4.74 Å². The monoisotopic (exact) mass is 273 g/mol. The van der Waals surface area contributed by atoms with Crippen LogP contribution in [0.4, 0.5) is 0 Å². The molecule has 2 N–H and O–H groups in total. The van der Waals surface area contributed by atoms with Crippen LogP contribution in [0.1, 0.15) is 32.1 Å². The minimum absolute atomic E-state index is 0.139. The summed E-state index contributed by atoms with van der Waals surface area (Å²) >= 11 is 0. The van der Waals surface area contributed by atoms with Crippen LogP contribution in [0.5, 0.6) is 5.75 Å². The third-order valence-electron chi connectivity index (χ3n) is 2.97. The number of para-hydroxylation sites is 1. The first kappa shape index (κ1) is 14.1. The van der Waals surface area contributed by atoms with Crippen molar-refractivity contribution < 1.29 is 9.53 Å². The Morgan fingerprint density at radius 1 is 1.40 bits per heavy atom. The zero-order chi connectivity index (χ0) is 14.4. The molecule has 0 aliphatic rings. The van der Waals surface area contributed by atoms with Gasteiger partial charge in [0.25, 0.3) is 5.91 Å². The number of aromatic nitrogens is 2. The summed E-state index contributed by atoms with van der Waals surface area (Å²) in [7, 11) is 0. The highest BCUT2D eigenvalue weighted by molar-refractivity contribution is 5.81. The Labute approximate surface area is 118 Å². The Morgan fingerprint density at radius 3 is 2.75 bits per heavy atom. The van der Waals surface area contributed by atoms with E-state index < -0.39 is 6.10 Å². The SMILES string of the molecule is CCC(Oc1ccccc1)C(=O)NC(C)c1ncc[nH]1. The predicted molar refractivity (Wildman–Crippen MR) is 76.3 cm³/mol. The number of aromatic amines is 1. The van der Waals surface area contributed by atoms with Crippen LogP contribution >= 0.6 is 0 Å². The van der Waals surface area contributed by atoms with Gasteiger partial charge in [0, 0.05) is 12.4 Å². The van der Waals surface area contributed by atoms with Crippen LogP contribution in [0.25, 0.3) is 0 Å². The molecule has 0 saturated heterocycles. The van der Waals surface area contributed by atoms with Gasteiger partial charge in [-0.25, -0.2) is 4.98 Å². The van der Waals surface area contributed by atoms with Gasteiger partial charge in [-0.05, 0) is 25.5 Å². The lowest BCUT2D eigenvalue weighted by Gasteiger charge is -2.19. The summed E-state index contributed by atoms with van der Waals surface area (Å²) in [5, 5.41) is 2.90. The number of nitrogens with zero attached hydrogens (tertiary/aromatic N) is 1. The van der Waals surface area contributed by atoms with Crippen LogP contribution in [-0.4, -0.2) is 22.0 Å². The Bertz CT molecular complexity index is 525. The molecule has 0 fully saturated rings. The van der Waals surface area contributed by atoms with Gasteiger partial charge >= 0.3 is 0 Å². The molecule has 2 rings (SSSR count). The molecule has 2 aromatic rings. The summed E-state index contributed by atoms with van der Waals surface area (Å²) in [6.07, 6.45) is 3.49. The van der Waals surface area contributed by atoms with Gasteiger partial charge in [-0.15, -0.1) is 0 Å². The number of hydrogen-bond acceptors (Lipinski definition) is 3. The normalized spacial score (nSPS) is 13.5. The van der Waals surface area contributed by atoms with Gasteiger partial charge in [0.2, 0.25) is 0 Å². The van der Waals surface area contributed by atoms with Crippen LogP contribution in [0, 0.1) is 0 Å². The van der Waals surface area contributed by atoms with E-state index in [1.807, 2.05) is 44.2 Å². The van der Waals surface area contributed by atoms with E-state index in [9.17, 15) is 4.79 Å². The highest BCUT2D eigenvalue weighted by atomic mass is 16.5. The van der Waals surface area contributed by atoms with Crippen LogP contribution in [0.15, 0.2) is 42.7 Å². The molecule has 5 nitrogen and oxygen atoms in total. The van der Waals surface area contributed by atoms with Gasteiger partial charge in [-0.3, -0.25) is 4.79 Å². The van der Waals surface area contributed by atoms with E-state index in [1.165, 1.54) is 0 Å². The number of hydrogen-bond donors (Lipinski definition) is 2. The number of imidazole rings is 1. The molecule has 5 heteroatoms. The smallest absolute Gasteiger partial charge is 0.261 e. The second-order valence-corrected chi connectivity index (χ2v) is 4.53. The molecule has 20 heavy (non-hydrogen) atoms. The summed E-state index contributed by atoms with van der Waals surface area (Å²) in [5.41, 5.74) is 0. The van der Waals surface area contributed by atoms with Crippen molar-refractivity contribution in [3.63, 3.8) is 0 Å². The maximum atomic E-state index is 12.2. The fourth-order valence-electron chi connectivity index (χ4n) is 1.87. The molecule has 0 aliphatic carbocycles. The lowest BCUT2D eigenvalue weighted by atomic mass is 10.2. The van der Waals surface area contributed by atoms with Crippen LogP contribution in [0.2, 0.25) is 0 Å². The second-order valence-electron chi connectivity index (χ2n) is 4.53. The highest BCUT2D eigenvalue weighted by Gasteiger charge is 2.21. The number of rotatable bonds is 6. The quantitative estimate of drug-likeness (QED) is 0.849. The van der Waals surface area contributed by atoms with Gasteiger partial charge in [0.15, 0.2) is 6.10 Å². The number of H-pyrrole nitrogens is 1. The lowest BCUT2D eigenvalue weighted by Crippen LogP contribution is -2.39. The molecule has 0 aliphatic heterocycles. The number of benzene rings is 1. The summed E-state index contributed by atoms with van der Waals surface area (Å²) < 4.78 is 5.70. The van der Waals surface area contributed by atoms with Crippen molar-refractivity contribution >= 4 is 5.91 Å². The van der Waals surface area contributed by atoms with E-state index in [0.29, 0.717) is 12.2 Å². The van der Waals surface area contributed by atoms with E-state index in [2.05, 4.69) is 15.3 Å². The van der Waals surface area contributed by atoms with Crippen LogP contribution in [0.3, 0.4) is 0 Å². The van der Waals surface area contributed by atoms with Gasteiger partial charge in [-0.1, -0.05) is 25.1 Å². The number of amides is 1. The molecule has 2 unspecified atom stereocenters. The molecule has 0 radical (unpaired) electrons. The first-order chi connectivity index (χ1) is 9.70. The highest BCUT2D eigenvalue weighted by Crippen LogP contribution is 2.14. The predicted octanol–water partition coefficient (Wildman–Crippen LogP) is 2.44. The Balaban J connectivity index is 1.95. The summed E-state index contributed by atoms with van der Waals surface area (Å²) in [6.45, 7) is 3.80. The molecule has 0 bridgehead atoms. The van der Waals surface area contributed by atoms with E-state index in [-0.39, 0.29) is 11.9 Å². The van der Waals surface area contributed by atoms with Crippen molar-refractivity contribution in [1.29, 1.82) is 0 Å². The van der Waals surface area contributed by atoms with E-state index in [0.717, 1.165) is 5.82 Å². The third kappa shape index (κ3) is 3.60. The average molecular weight is 273 g/mol. The van der Waals surface area contributed by atoms with Crippen LogP contribution in [-0.2, 0) is 4.79 Å². The molecule has 1 heterocycles. The minimum atomic E-state index is -0.505. The van der Waals surface area contributed by atoms with Gasteiger partial charge in [0.1, 0.15) is 11.6 Å². The molecular weight excluding hydrogens is 254 g/mol. The fourth-order valence-corrected chi connectivity index (χ4v) is 1.87. The first-order valence-corrected chi connectivity index (χ1v) is 6.72. The molecule has 0 saturated carbocycles. The van der Waals surface area contributed by atoms with Crippen molar-refractivity contribution in [2.24, 2.45) is 0 Å². The maximum absolute atomic E-state index is 12.2. The van der Waals surface area contributed by atoms with Crippen LogP contribution < -0.4 is 10.1 Å². The molecule has 1 aromatic carbocycles. The Morgan fingerprint density at radius 2 is 2.15 bits per heavy atom. The summed E-state index contributed by atoms with van der Waals surface area (Å²) in [4.78, 5) is 19.3. The molecule has 2 atom stereocenters. The molecule has 1 aromatic heterocycles. The molecule has 1 amide bonds. The average Bonchev–Trinajstić information content (AvgIpc) is 3.00. The molecule has 0 spiro atoms. The number of nitrogens with one attached hydrogen (secondary N) is 2. The van der Waals surface area contributed by atoms with E-state index in [1.54, 1.807) is 12.4 Å². The molecule has 106 valence electrons. The summed E-state index contributed by atoms with van der Waals surface area (Å²) in [5.74, 6) is 1.29.